The molecule has 2 aromatic rings. The second kappa shape index (κ2) is 5.87. The Morgan fingerprint density at radius 3 is 2.95 bits per heavy atom. The minimum atomic E-state index is -0.478. The van der Waals surface area contributed by atoms with Crippen LogP contribution >= 0.6 is 11.8 Å². The van der Waals surface area contributed by atoms with Gasteiger partial charge in [-0.1, -0.05) is 23.9 Å². The van der Waals surface area contributed by atoms with Crippen LogP contribution in [-0.4, -0.2) is 14.7 Å². The summed E-state index contributed by atoms with van der Waals surface area (Å²) in [6, 6.07) is 6.59. The first-order chi connectivity index (χ1) is 9.17. The number of thioether (sulfide) groups is 1. The number of benzene rings is 1. The smallest absolute Gasteiger partial charge is 0.168 e. The molecule has 1 N–H and O–H groups in total. The number of nitrogens with zero attached hydrogens (tertiary/aromatic N) is 3. The molecule has 19 heavy (non-hydrogen) atoms. The number of aromatic nitrogens is 2. The zero-order chi connectivity index (χ0) is 13.8. The largest absolute Gasteiger partial charge is 0.390 e. The van der Waals surface area contributed by atoms with E-state index in [1.807, 2.05) is 6.07 Å². The summed E-state index contributed by atoms with van der Waals surface area (Å²) in [4.78, 5) is 4.15. The van der Waals surface area contributed by atoms with E-state index in [2.05, 4.69) is 4.98 Å². The predicted molar refractivity (Wildman–Crippen MR) is 69.8 cm³/mol. The molecule has 0 atom stereocenters. The van der Waals surface area contributed by atoms with Crippen molar-refractivity contribution in [3.05, 3.63) is 47.0 Å². The van der Waals surface area contributed by atoms with Gasteiger partial charge in [0.2, 0.25) is 0 Å². The summed E-state index contributed by atoms with van der Waals surface area (Å²) in [6.45, 7) is -0.0810. The van der Waals surface area contributed by atoms with Gasteiger partial charge in [-0.15, -0.1) is 0 Å². The summed E-state index contributed by atoms with van der Waals surface area (Å²) in [5, 5.41) is 18.5. The van der Waals surface area contributed by atoms with Crippen molar-refractivity contribution in [1.82, 2.24) is 9.55 Å². The van der Waals surface area contributed by atoms with E-state index >= 15 is 0 Å². The highest BCUT2D eigenvalue weighted by molar-refractivity contribution is 7.98. The van der Waals surface area contributed by atoms with E-state index in [-0.39, 0.29) is 12.2 Å². The summed E-state index contributed by atoms with van der Waals surface area (Å²) >= 11 is 1.36. The monoisotopic (exact) mass is 277 g/mol. The molecule has 4 nitrogen and oxygen atoms in total. The van der Waals surface area contributed by atoms with Gasteiger partial charge in [-0.05, 0) is 11.6 Å². The minimum Gasteiger partial charge on any atom is -0.390 e. The summed E-state index contributed by atoms with van der Waals surface area (Å²) in [7, 11) is 1.79. The van der Waals surface area contributed by atoms with Gasteiger partial charge in [-0.2, -0.15) is 5.26 Å². The Hall–Kier alpha value is -1.84. The topological polar surface area (TPSA) is 61.8 Å². The third-order valence-corrected chi connectivity index (χ3v) is 3.85. The Kier molecular flexibility index (Phi) is 4.20. The van der Waals surface area contributed by atoms with Crippen molar-refractivity contribution < 1.29 is 9.50 Å². The van der Waals surface area contributed by atoms with Crippen molar-refractivity contribution in [2.45, 2.75) is 17.5 Å². The molecule has 0 amide bonds. The number of imidazole rings is 1. The van der Waals surface area contributed by atoms with Crippen LogP contribution in [0.25, 0.3) is 0 Å². The van der Waals surface area contributed by atoms with Crippen LogP contribution in [0, 0.1) is 17.1 Å². The lowest BCUT2D eigenvalue weighted by atomic mass is 10.1. The minimum absolute atomic E-state index is 0.0500. The SMILES string of the molecule is Cn1c(CO)cnc1SCc1cccc(C#N)c1F. The molecule has 2 rings (SSSR count). The van der Waals surface area contributed by atoms with Crippen LogP contribution in [0.15, 0.2) is 29.6 Å². The lowest BCUT2D eigenvalue weighted by Gasteiger charge is -2.05. The Bertz CT molecular complexity index is 633. The molecule has 0 saturated heterocycles. The standard InChI is InChI=1S/C13H12FN3OS/c1-17-11(7-18)6-16-13(17)19-8-10-4-2-3-9(5-15)12(10)14/h2-4,6,18H,7-8H2,1H3. The van der Waals surface area contributed by atoms with Gasteiger partial charge in [-0.25, -0.2) is 9.37 Å². The fraction of sp³-hybridized carbons (Fsp3) is 0.231. The van der Waals surface area contributed by atoms with E-state index in [0.29, 0.717) is 22.2 Å². The van der Waals surface area contributed by atoms with Crippen molar-refractivity contribution in [2.75, 3.05) is 0 Å². The molecular weight excluding hydrogens is 265 g/mol. The first-order valence-electron chi connectivity index (χ1n) is 5.59. The van der Waals surface area contributed by atoms with Crippen LogP contribution in [-0.2, 0) is 19.4 Å². The Labute approximate surface area is 114 Å². The molecule has 1 aromatic carbocycles. The lowest BCUT2D eigenvalue weighted by molar-refractivity contribution is 0.271. The molecule has 0 radical (unpaired) electrons. The van der Waals surface area contributed by atoms with E-state index in [1.165, 1.54) is 17.8 Å². The molecule has 98 valence electrons. The summed E-state index contributed by atoms with van der Waals surface area (Å²) < 4.78 is 15.6. The van der Waals surface area contributed by atoms with Crippen molar-refractivity contribution in [3.8, 4) is 6.07 Å². The van der Waals surface area contributed by atoms with Crippen LogP contribution in [0.2, 0.25) is 0 Å². The molecule has 0 fully saturated rings. The number of aliphatic hydroxyl groups excluding tert-OH is 1. The first kappa shape index (κ1) is 13.6. The molecule has 0 bridgehead atoms. The number of hydrogen-bond donors (Lipinski definition) is 1. The van der Waals surface area contributed by atoms with E-state index in [4.69, 9.17) is 10.4 Å². The van der Waals surface area contributed by atoms with Crippen LogP contribution in [0.3, 0.4) is 0 Å². The third kappa shape index (κ3) is 2.78. The van der Waals surface area contributed by atoms with Gasteiger partial charge < -0.3 is 9.67 Å². The number of aliphatic hydroxyl groups is 1. The molecular formula is C13H12FN3OS. The first-order valence-corrected chi connectivity index (χ1v) is 6.57. The normalized spacial score (nSPS) is 10.4. The fourth-order valence-corrected chi connectivity index (χ4v) is 2.57. The van der Waals surface area contributed by atoms with E-state index in [1.54, 1.807) is 29.9 Å². The fourth-order valence-electron chi connectivity index (χ4n) is 1.63. The average molecular weight is 277 g/mol. The van der Waals surface area contributed by atoms with Gasteiger partial charge in [0.25, 0.3) is 0 Å². The van der Waals surface area contributed by atoms with Crippen molar-refractivity contribution >= 4 is 11.8 Å². The molecule has 0 aliphatic rings. The van der Waals surface area contributed by atoms with Crippen LogP contribution < -0.4 is 0 Å². The number of halogens is 1. The van der Waals surface area contributed by atoms with Gasteiger partial charge >= 0.3 is 0 Å². The maximum Gasteiger partial charge on any atom is 0.168 e. The van der Waals surface area contributed by atoms with Crippen LogP contribution in [0.5, 0.6) is 0 Å². The molecule has 0 aliphatic heterocycles. The lowest BCUT2D eigenvalue weighted by Crippen LogP contribution is -1.98. The number of nitriles is 1. The molecule has 0 saturated carbocycles. The maximum absolute atomic E-state index is 13.8. The van der Waals surface area contributed by atoms with E-state index in [9.17, 15) is 4.39 Å². The van der Waals surface area contributed by atoms with Crippen molar-refractivity contribution in [3.63, 3.8) is 0 Å². The number of rotatable bonds is 4. The van der Waals surface area contributed by atoms with E-state index < -0.39 is 5.82 Å². The average Bonchev–Trinajstić information content (AvgIpc) is 2.78. The van der Waals surface area contributed by atoms with Crippen LogP contribution in [0.4, 0.5) is 4.39 Å². The molecule has 0 aliphatic carbocycles. The van der Waals surface area contributed by atoms with Gasteiger partial charge in [0.1, 0.15) is 11.9 Å². The van der Waals surface area contributed by atoms with Gasteiger partial charge in [0.15, 0.2) is 5.16 Å². The second-order valence-corrected chi connectivity index (χ2v) is 4.87. The molecule has 0 spiro atoms. The van der Waals surface area contributed by atoms with Gasteiger partial charge in [0.05, 0.1) is 24.1 Å². The Balaban J connectivity index is 2.15. The van der Waals surface area contributed by atoms with Crippen molar-refractivity contribution in [2.24, 2.45) is 7.05 Å². The second-order valence-electron chi connectivity index (χ2n) is 3.93. The highest BCUT2D eigenvalue weighted by Gasteiger charge is 2.10. The van der Waals surface area contributed by atoms with Crippen molar-refractivity contribution in [1.29, 1.82) is 5.26 Å². The Morgan fingerprint density at radius 2 is 2.32 bits per heavy atom. The highest BCUT2D eigenvalue weighted by atomic mass is 32.2. The maximum atomic E-state index is 13.8. The predicted octanol–water partition coefficient (Wildman–Crippen LogP) is 2.22. The molecule has 0 unspecified atom stereocenters. The summed E-state index contributed by atoms with van der Waals surface area (Å²) in [5.41, 5.74) is 1.22. The third-order valence-electron chi connectivity index (χ3n) is 2.76. The molecule has 1 heterocycles. The quantitative estimate of drug-likeness (QED) is 0.870. The Morgan fingerprint density at radius 1 is 1.53 bits per heavy atom. The molecule has 1 aromatic heterocycles. The van der Waals surface area contributed by atoms with Gasteiger partial charge in [-0.3, -0.25) is 0 Å². The zero-order valence-electron chi connectivity index (χ0n) is 10.3. The molecule has 6 heteroatoms. The zero-order valence-corrected chi connectivity index (χ0v) is 11.1. The highest BCUT2D eigenvalue weighted by Crippen LogP contribution is 2.24. The number of hydrogen-bond acceptors (Lipinski definition) is 4. The van der Waals surface area contributed by atoms with E-state index in [0.717, 1.165) is 0 Å². The van der Waals surface area contributed by atoms with Gasteiger partial charge in [0, 0.05) is 12.8 Å². The van der Waals surface area contributed by atoms with Crippen LogP contribution in [0.1, 0.15) is 16.8 Å². The summed E-state index contributed by atoms with van der Waals surface area (Å²) in [5.74, 6) is -0.0917. The summed E-state index contributed by atoms with van der Waals surface area (Å²) in [6.07, 6.45) is 1.59.